The molecule has 4 rings (SSSR count). The van der Waals surface area contributed by atoms with Crippen LogP contribution in [-0.4, -0.2) is 27.6 Å². The molecule has 0 radical (unpaired) electrons. The van der Waals surface area contributed by atoms with Crippen molar-refractivity contribution in [3.8, 4) is 0 Å². The lowest BCUT2D eigenvalue weighted by molar-refractivity contribution is -0.118. The van der Waals surface area contributed by atoms with Crippen LogP contribution in [0.2, 0.25) is 5.02 Å². The highest BCUT2D eigenvalue weighted by Crippen LogP contribution is 2.39. The van der Waals surface area contributed by atoms with Crippen LogP contribution < -0.4 is 10.6 Å². The Balaban J connectivity index is 1.78. The number of carbonyl (C=O) groups excluding carboxylic acids is 2. The molecule has 0 saturated heterocycles. The molecular formula is C21H18ClFN4O2. The van der Waals surface area contributed by atoms with Gasteiger partial charge in [0.25, 0.3) is 5.91 Å². The van der Waals surface area contributed by atoms with Crippen LogP contribution >= 0.6 is 11.6 Å². The van der Waals surface area contributed by atoms with Crippen molar-refractivity contribution in [3.05, 3.63) is 81.8 Å². The highest BCUT2D eigenvalue weighted by molar-refractivity contribution is 6.30. The van der Waals surface area contributed by atoms with Crippen molar-refractivity contribution >= 4 is 29.2 Å². The molecule has 0 spiro atoms. The molecule has 0 unspecified atom stereocenters. The molecule has 1 aliphatic heterocycles. The molecule has 0 fully saturated rings. The first-order chi connectivity index (χ1) is 13.8. The molecule has 0 bridgehead atoms. The second-order valence-electron chi connectivity index (χ2n) is 6.95. The van der Waals surface area contributed by atoms with E-state index >= 15 is 0 Å². The van der Waals surface area contributed by atoms with Gasteiger partial charge in [-0.2, -0.15) is 5.10 Å². The Morgan fingerprint density at radius 2 is 1.97 bits per heavy atom. The minimum absolute atomic E-state index is 0.369. The van der Waals surface area contributed by atoms with Gasteiger partial charge in [0.05, 0.1) is 5.69 Å². The maximum Gasteiger partial charge on any atom is 0.251 e. The van der Waals surface area contributed by atoms with E-state index in [1.165, 1.54) is 12.1 Å². The van der Waals surface area contributed by atoms with Crippen molar-refractivity contribution < 1.29 is 14.0 Å². The van der Waals surface area contributed by atoms with Gasteiger partial charge in [0, 0.05) is 29.1 Å². The van der Waals surface area contributed by atoms with Crippen LogP contribution in [0.3, 0.4) is 0 Å². The van der Waals surface area contributed by atoms with Crippen molar-refractivity contribution in [2.24, 2.45) is 7.05 Å². The van der Waals surface area contributed by atoms with Crippen LogP contribution in [0.1, 0.15) is 33.1 Å². The zero-order chi connectivity index (χ0) is 20.7. The lowest BCUT2D eigenvalue weighted by Crippen LogP contribution is -2.50. The fourth-order valence-electron chi connectivity index (χ4n) is 3.74. The quantitative estimate of drug-likeness (QED) is 0.692. The summed E-state index contributed by atoms with van der Waals surface area (Å²) < 4.78 is 15.5. The molecule has 8 heteroatoms. The van der Waals surface area contributed by atoms with Crippen LogP contribution in [0.15, 0.2) is 48.5 Å². The summed E-state index contributed by atoms with van der Waals surface area (Å²) in [6, 6.07) is 11.5. The van der Waals surface area contributed by atoms with E-state index in [0.717, 1.165) is 5.56 Å². The summed E-state index contributed by atoms with van der Waals surface area (Å²) >= 11 is 5.88. The minimum atomic E-state index is -0.935. The number of amides is 2. The summed E-state index contributed by atoms with van der Waals surface area (Å²) in [6.07, 6.45) is 0. The van der Waals surface area contributed by atoms with E-state index in [0.29, 0.717) is 27.7 Å². The maximum absolute atomic E-state index is 14.0. The second kappa shape index (κ2) is 7.33. The fourth-order valence-corrected chi connectivity index (χ4v) is 3.87. The van der Waals surface area contributed by atoms with Gasteiger partial charge in [0.2, 0.25) is 5.91 Å². The fraction of sp³-hybridized carbons (Fsp3) is 0.190. The minimum Gasteiger partial charge on any atom is -0.339 e. The topological polar surface area (TPSA) is 76.0 Å². The number of rotatable bonds is 3. The van der Waals surface area contributed by atoms with Crippen molar-refractivity contribution in [3.63, 3.8) is 0 Å². The van der Waals surface area contributed by atoms with Crippen LogP contribution in [0, 0.1) is 12.7 Å². The predicted molar refractivity (Wildman–Crippen MR) is 108 cm³/mol. The SMILES string of the molecule is Cc1nn(C)c2c1[C@@H](c1cccc(F)c1)[C@H](NC(=O)c1ccc(Cl)cc1)C(=O)N2. The monoisotopic (exact) mass is 412 g/mol. The Kier molecular flexibility index (Phi) is 4.84. The number of hydrogen-bond acceptors (Lipinski definition) is 3. The molecule has 0 aliphatic carbocycles. The number of nitrogens with one attached hydrogen (secondary N) is 2. The number of anilines is 1. The molecule has 6 nitrogen and oxygen atoms in total. The number of carbonyl (C=O) groups is 2. The Morgan fingerprint density at radius 3 is 2.66 bits per heavy atom. The third kappa shape index (κ3) is 3.49. The van der Waals surface area contributed by atoms with Gasteiger partial charge in [0.1, 0.15) is 17.7 Å². The second-order valence-corrected chi connectivity index (χ2v) is 7.39. The van der Waals surface area contributed by atoms with E-state index in [2.05, 4.69) is 15.7 Å². The van der Waals surface area contributed by atoms with E-state index in [1.807, 2.05) is 6.92 Å². The van der Waals surface area contributed by atoms with Crippen molar-refractivity contribution in [2.75, 3.05) is 5.32 Å². The lowest BCUT2D eigenvalue weighted by atomic mass is 9.82. The zero-order valence-electron chi connectivity index (χ0n) is 15.7. The molecule has 1 aromatic heterocycles. The summed E-state index contributed by atoms with van der Waals surface area (Å²) in [5.41, 5.74) is 2.40. The number of aryl methyl sites for hydroxylation is 2. The highest BCUT2D eigenvalue weighted by atomic mass is 35.5. The molecule has 2 amide bonds. The van der Waals surface area contributed by atoms with Gasteiger partial charge < -0.3 is 10.6 Å². The Labute approximate surface area is 171 Å². The van der Waals surface area contributed by atoms with Gasteiger partial charge in [-0.25, -0.2) is 4.39 Å². The molecule has 2 atom stereocenters. The molecular weight excluding hydrogens is 395 g/mol. The normalized spacial score (nSPS) is 18.1. The number of benzene rings is 2. The third-order valence-electron chi connectivity index (χ3n) is 5.04. The van der Waals surface area contributed by atoms with Gasteiger partial charge in [-0.3, -0.25) is 14.3 Å². The predicted octanol–water partition coefficient (Wildman–Crippen LogP) is 3.40. The number of nitrogens with zero attached hydrogens (tertiary/aromatic N) is 2. The average molecular weight is 413 g/mol. The molecule has 2 heterocycles. The molecule has 148 valence electrons. The summed E-state index contributed by atoms with van der Waals surface area (Å²) in [5, 5.41) is 10.5. The number of fused-ring (bicyclic) bond motifs is 1. The Bertz CT molecular complexity index is 1110. The molecule has 1 aliphatic rings. The number of aromatic nitrogens is 2. The Hall–Kier alpha value is -3.19. The first-order valence-corrected chi connectivity index (χ1v) is 9.39. The van der Waals surface area contributed by atoms with Gasteiger partial charge in [-0.05, 0) is 48.9 Å². The molecule has 2 N–H and O–H groups in total. The summed E-state index contributed by atoms with van der Waals surface area (Å²) in [5.74, 6) is -1.28. The third-order valence-corrected chi connectivity index (χ3v) is 5.29. The largest absolute Gasteiger partial charge is 0.339 e. The van der Waals surface area contributed by atoms with E-state index in [1.54, 1.807) is 48.1 Å². The van der Waals surface area contributed by atoms with Crippen molar-refractivity contribution in [1.82, 2.24) is 15.1 Å². The zero-order valence-corrected chi connectivity index (χ0v) is 16.5. The van der Waals surface area contributed by atoms with E-state index in [-0.39, 0.29) is 0 Å². The van der Waals surface area contributed by atoms with Gasteiger partial charge in [-0.1, -0.05) is 23.7 Å². The van der Waals surface area contributed by atoms with Crippen molar-refractivity contribution in [1.29, 1.82) is 0 Å². The summed E-state index contributed by atoms with van der Waals surface area (Å²) in [6.45, 7) is 1.82. The van der Waals surface area contributed by atoms with E-state index in [4.69, 9.17) is 11.6 Å². The van der Waals surface area contributed by atoms with Crippen LogP contribution in [0.25, 0.3) is 0 Å². The van der Waals surface area contributed by atoms with Gasteiger partial charge in [-0.15, -0.1) is 0 Å². The average Bonchev–Trinajstić information content (AvgIpc) is 2.96. The highest BCUT2D eigenvalue weighted by Gasteiger charge is 2.41. The van der Waals surface area contributed by atoms with E-state index in [9.17, 15) is 14.0 Å². The first kappa shape index (κ1) is 19.1. The lowest BCUT2D eigenvalue weighted by Gasteiger charge is -2.32. The number of hydrogen-bond donors (Lipinski definition) is 2. The van der Waals surface area contributed by atoms with Crippen LogP contribution in [0.4, 0.5) is 10.2 Å². The Morgan fingerprint density at radius 1 is 1.24 bits per heavy atom. The van der Waals surface area contributed by atoms with Gasteiger partial charge in [0.15, 0.2) is 0 Å². The van der Waals surface area contributed by atoms with Crippen LogP contribution in [0.5, 0.6) is 0 Å². The number of halogens is 2. The molecule has 2 aromatic carbocycles. The first-order valence-electron chi connectivity index (χ1n) is 9.01. The smallest absolute Gasteiger partial charge is 0.251 e. The van der Waals surface area contributed by atoms with Crippen LogP contribution in [-0.2, 0) is 11.8 Å². The molecule has 3 aromatic rings. The van der Waals surface area contributed by atoms with E-state index < -0.39 is 29.6 Å². The summed E-state index contributed by atoms with van der Waals surface area (Å²) in [7, 11) is 1.72. The standard InChI is InChI=1S/C21H18ClFN4O2/c1-11-16-17(13-4-3-5-15(23)10-13)18(21(29)25-19(16)27(2)26-11)24-20(28)12-6-8-14(22)9-7-12/h3-10,17-18H,1-2H3,(H,24,28)(H,25,29)/t17-,18+/m1/s1. The van der Waals surface area contributed by atoms with Gasteiger partial charge >= 0.3 is 0 Å². The molecule has 0 saturated carbocycles. The summed E-state index contributed by atoms with van der Waals surface area (Å²) in [4.78, 5) is 25.7. The molecule has 29 heavy (non-hydrogen) atoms. The maximum atomic E-state index is 14.0. The van der Waals surface area contributed by atoms with Crippen molar-refractivity contribution in [2.45, 2.75) is 18.9 Å².